The molecule has 7 heteroatoms. The summed E-state index contributed by atoms with van der Waals surface area (Å²) in [5.41, 5.74) is 2.96. The molecule has 0 unspecified atom stereocenters. The first-order valence-electron chi connectivity index (χ1n) is 8.46. The number of rotatable bonds is 5. The summed E-state index contributed by atoms with van der Waals surface area (Å²) in [6.45, 7) is 4.45. The minimum absolute atomic E-state index is 0.625. The largest absolute Gasteiger partial charge is 0.383 e. The van der Waals surface area contributed by atoms with Gasteiger partial charge in [-0.3, -0.25) is 0 Å². The van der Waals surface area contributed by atoms with Crippen molar-refractivity contribution in [1.82, 2.24) is 19.5 Å². The quantitative estimate of drug-likeness (QED) is 0.708. The molecule has 25 heavy (non-hydrogen) atoms. The highest BCUT2D eigenvalue weighted by Crippen LogP contribution is 2.24. The molecule has 1 fully saturated rings. The van der Waals surface area contributed by atoms with Gasteiger partial charge in [0.25, 0.3) is 0 Å². The molecule has 3 aromatic rings. The second kappa shape index (κ2) is 7.16. The van der Waals surface area contributed by atoms with Crippen LogP contribution in [0.15, 0.2) is 36.7 Å². The molecule has 0 spiro atoms. The van der Waals surface area contributed by atoms with E-state index in [2.05, 4.69) is 25.5 Å². The topological polar surface area (TPSA) is 65.3 Å². The lowest BCUT2D eigenvalue weighted by Crippen LogP contribution is -2.37. The SMILES string of the molecule is COCCn1c(-c2cnc(N3CCOCC3)nc2)nc2ccccc21. The highest BCUT2D eigenvalue weighted by Gasteiger charge is 2.16. The molecule has 130 valence electrons. The summed E-state index contributed by atoms with van der Waals surface area (Å²) in [7, 11) is 1.71. The van der Waals surface area contributed by atoms with Crippen molar-refractivity contribution in [2.45, 2.75) is 6.54 Å². The third kappa shape index (κ3) is 3.20. The van der Waals surface area contributed by atoms with E-state index in [-0.39, 0.29) is 0 Å². The monoisotopic (exact) mass is 339 g/mol. The molecular formula is C18H21N5O2. The van der Waals surface area contributed by atoms with Crippen molar-refractivity contribution in [3.63, 3.8) is 0 Å². The lowest BCUT2D eigenvalue weighted by atomic mass is 10.3. The van der Waals surface area contributed by atoms with Crippen molar-refractivity contribution in [2.24, 2.45) is 0 Å². The predicted molar refractivity (Wildman–Crippen MR) is 95.7 cm³/mol. The number of hydrogen-bond acceptors (Lipinski definition) is 6. The number of benzene rings is 1. The van der Waals surface area contributed by atoms with Crippen LogP contribution in [0.5, 0.6) is 0 Å². The minimum Gasteiger partial charge on any atom is -0.383 e. The third-order valence-electron chi connectivity index (χ3n) is 4.36. The lowest BCUT2D eigenvalue weighted by Gasteiger charge is -2.26. The standard InChI is InChI=1S/C18H21N5O2/c1-24-9-8-23-16-5-3-2-4-15(16)21-17(23)14-12-19-18(20-13-14)22-6-10-25-11-7-22/h2-5,12-13H,6-11H2,1H3. The summed E-state index contributed by atoms with van der Waals surface area (Å²) < 4.78 is 12.8. The van der Waals surface area contributed by atoms with Gasteiger partial charge >= 0.3 is 0 Å². The van der Waals surface area contributed by atoms with Crippen LogP contribution in [0.1, 0.15) is 0 Å². The second-order valence-corrected chi connectivity index (χ2v) is 5.94. The van der Waals surface area contributed by atoms with E-state index in [0.717, 1.165) is 61.2 Å². The maximum absolute atomic E-state index is 5.38. The molecule has 0 saturated carbocycles. The van der Waals surface area contributed by atoms with E-state index < -0.39 is 0 Å². The van der Waals surface area contributed by atoms with E-state index in [1.807, 2.05) is 30.6 Å². The van der Waals surface area contributed by atoms with Crippen LogP contribution in [0.3, 0.4) is 0 Å². The fourth-order valence-corrected chi connectivity index (χ4v) is 3.07. The van der Waals surface area contributed by atoms with Crippen molar-refractivity contribution in [3.05, 3.63) is 36.7 Å². The molecular weight excluding hydrogens is 318 g/mol. The summed E-state index contributed by atoms with van der Waals surface area (Å²) in [5.74, 6) is 1.61. The van der Waals surface area contributed by atoms with Crippen LogP contribution in [-0.2, 0) is 16.0 Å². The number of morpholine rings is 1. The van der Waals surface area contributed by atoms with Crippen molar-refractivity contribution in [3.8, 4) is 11.4 Å². The smallest absolute Gasteiger partial charge is 0.225 e. The van der Waals surface area contributed by atoms with Gasteiger partial charge in [-0.15, -0.1) is 0 Å². The molecule has 0 N–H and O–H groups in total. The molecule has 4 rings (SSSR count). The van der Waals surface area contributed by atoms with Gasteiger partial charge in [-0.1, -0.05) is 12.1 Å². The van der Waals surface area contributed by atoms with E-state index in [9.17, 15) is 0 Å². The molecule has 0 radical (unpaired) electrons. The molecule has 1 saturated heterocycles. The molecule has 0 atom stereocenters. The van der Waals surface area contributed by atoms with Crippen LogP contribution in [0.2, 0.25) is 0 Å². The number of para-hydroxylation sites is 2. The Bertz CT molecular complexity index is 840. The molecule has 1 aliphatic rings. The zero-order valence-electron chi connectivity index (χ0n) is 14.3. The van der Waals surface area contributed by atoms with Gasteiger partial charge in [-0.05, 0) is 12.1 Å². The van der Waals surface area contributed by atoms with Crippen molar-refractivity contribution >= 4 is 17.0 Å². The summed E-state index contributed by atoms with van der Waals surface area (Å²) in [6.07, 6.45) is 3.70. The number of hydrogen-bond donors (Lipinski definition) is 0. The average molecular weight is 339 g/mol. The number of imidazole rings is 1. The normalized spacial score (nSPS) is 15.0. The zero-order valence-corrected chi connectivity index (χ0v) is 14.3. The van der Waals surface area contributed by atoms with Gasteiger partial charge in [0.2, 0.25) is 5.95 Å². The Morgan fingerprint density at radius 1 is 1.12 bits per heavy atom. The first-order valence-corrected chi connectivity index (χ1v) is 8.46. The van der Waals surface area contributed by atoms with E-state index in [1.54, 1.807) is 7.11 Å². The highest BCUT2D eigenvalue weighted by atomic mass is 16.5. The fourth-order valence-electron chi connectivity index (χ4n) is 3.07. The molecule has 7 nitrogen and oxygen atoms in total. The number of fused-ring (bicyclic) bond motifs is 1. The average Bonchev–Trinajstić information content (AvgIpc) is 3.06. The summed E-state index contributed by atoms with van der Waals surface area (Å²) in [5, 5.41) is 0. The van der Waals surface area contributed by atoms with Crippen molar-refractivity contribution < 1.29 is 9.47 Å². The first kappa shape index (κ1) is 16.0. The fraction of sp³-hybridized carbons (Fsp3) is 0.389. The summed E-state index contributed by atoms with van der Waals surface area (Å²) in [4.78, 5) is 16.0. The first-order chi connectivity index (χ1) is 12.4. The van der Waals surface area contributed by atoms with Crippen molar-refractivity contribution in [2.75, 3.05) is 44.9 Å². The Morgan fingerprint density at radius 2 is 1.88 bits per heavy atom. The van der Waals surface area contributed by atoms with Gasteiger partial charge in [0, 0.05) is 39.1 Å². The molecule has 0 amide bonds. The molecule has 0 bridgehead atoms. The number of methoxy groups -OCH3 is 1. The van der Waals surface area contributed by atoms with Gasteiger partial charge in [0.15, 0.2) is 0 Å². The van der Waals surface area contributed by atoms with E-state index in [0.29, 0.717) is 6.61 Å². The molecule has 2 aromatic heterocycles. The predicted octanol–water partition coefficient (Wildman–Crippen LogP) is 1.98. The van der Waals surface area contributed by atoms with Crippen LogP contribution in [0, 0.1) is 0 Å². The molecule has 1 aliphatic heterocycles. The lowest BCUT2D eigenvalue weighted by molar-refractivity contribution is 0.122. The van der Waals surface area contributed by atoms with E-state index >= 15 is 0 Å². The number of aromatic nitrogens is 4. The van der Waals surface area contributed by atoms with Crippen LogP contribution >= 0.6 is 0 Å². The Balaban J connectivity index is 1.68. The molecule has 1 aromatic carbocycles. The number of anilines is 1. The van der Waals surface area contributed by atoms with Gasteiger partial charge in [-0.2, -0.15) is 0 Å². The summed E-state index contributed by atoms with van der Waals surface area (Å²) >= 11 is 0. The number of ether oxygens (including phenoxy) is 2. The van der Waals surface area contributed by atoms with Crippen LogP contribution in [-0.4, -0.2) is 59.5 Å². The van der Waals surface area contributed by atoms with Crippen molar-refractivity contribution in [1.29, 1.82) is 0 Å². The maximum Gasteiger partial charge on any atom is 0.225 e. The molecule has 0 aliphatic carbocycles. The zero-order chi connectivity index (χ0) is 17.1. The molecule has 3 heterocycles. The van der Waals surface area contributed by atoms with Gasteiger partial charge in [0.1, 0.15) is 5.82 Å². The van der Waals surface area contributed by atoms with Crippen LogP contribution in [0.4, 0.5) is 5.95 Å². The van der Waals surface area contributed by atoms with Gasteiger partial charge in [0.05, 0.1) is 36.4 Å². The Morgan fingerprint density at radius 3 is 2.64 bits per heavy atom. The van der Waals surface area contributed by atoms with Crippen LogP contribution in [0.25, 0.3) is 22.4 Å². The Kier molecular flexibility index (Phi) is 4.58. The second-order valence-electron chi connectivity index (χ2n) is 5.94. The van der Waals surface area contributed by atoms with E-state index in [1.165, 1.54) is 0 Å². The third-order valence-corrected chi connectivity index (χ3v) is 4.36. The van der Waals surface area contributed by atoms with E-state index in [4.69, 9.17) is 14.5 Å². The number of nitrogens with zero attached hydrogens (tertiary/aromatic N) is 5. The maximum atomic E-state index is 5.38. The van der Waals surface area contributed by atoms with Gasteiger partial charge in [-0.25, -0.2) is 15.0 Å². The highest BCUT2D eigenvalue weighted by molar-refractivity contribution is 5.80. The van der Waals surface area contributed by atoms with Gasteiger partial charge < -0.3 is 18.9 Å². The minimum atomic E-state index is 0.625. The summed E-state index contributed by atoms with van der Waals surface area (Å²) in [6, 6.07) is 8.11. The Hall–Kier alpha value is -2.51. The Labute approximate surface area is 146 Å². The van der Waals surface area contributed by atoms with Crippen LogP contribution < -0.4 is 4.90 Å².